The lowest BCUT2D eigenvalue weighted by Gasteiger charge is -2.36. The molecule has 104 valence electrons. The monoisotopic (exact) mass is 258 g/mol. The van der Waals surface area contributed by atoms with Crippen LogP contribution in [0.15, 0.2) is 0 Å². The third-order valence-electron chi connectivity index (χ3n) is 2.79. The molecular formula is C12H22N2O4. The standard InChI is InChI=1S/C12H22N2O4/c1-12(2,3)18-11(16)13-9-6-8(7-9)10(15)14(4)17-5/h8-9H,6-7H2,1-5H3,(H,13,16). The number of hydrogen-bond acceptors (Lipinski definition) is 4. The van der Waals surface area contributed by atoms with Crippen LogP contribution in [0.2, 0.25) is 0 Å². The van der Waals surface area contributed by atoms with Crippen molar-refractivity contribution < 1.29 is 19.2 Å². The van der Waals surface area contributed by atoms with Crippen molar-refractivity contribution in [3.63, 3.8) is 0 Å². The average Bonchev–Trinajstić information content (AvgIpc) is 2.18. The summed E-state index contributed by atoms with van der Waals surface area (Å²) in [6.45, 7) is 5.44. The highest BCUT2D eigenvalue weighted by atomic mass is 16.7. The highest BCUT2D eigenvalue weighted by molar-refractivity contribution is 5.79. The van der Waals surface area contributed by atoms with E-state index in [0.717, 1.165) is 0 Å². The molecule has 0 atom stereocenters. The number of carbonyl (C=O) groups excluding carboxylic acids is 2. The molecule has 1 rings (SSSR count). The summed E-state index contributed by atoms with van der Waals surface area (Å²) in [7, 11) is 3.03. The second-order valence-corrected chi connectivity index (χ2v) is 5.53. The van der Waals surface area contributed by atoms with E-state index in [1.54, 1.807) is 7.05 Å². The van der Waals surface area contributed by atoms with Crippen molar-refractivity contribution in [1.82, 2.24) is 10.4 Å². The van der Waals surface area contributed by atoms with E-state index in [1.165, 1.54) is 12.2 Å². The molecule has 0 aliphatic heterocycles. The van der Waals surface area contributed by atoms with E-state index in [9.17, 15) is 9.59 Å². The van der Waals surface area contributed by atoms with Crippen LogP contribution in [0.1, 0.15) is 33.6 Å². The van der Waals surface area contributed by atoms with Gasteiger partial charge in [-0.25, -0.2) is 9.86 Å². The average molecular weight is 258 g/mol. The number of hydroxylamine groups is 2. The summed E-state index contributed by atoms with van der Waals surface area (Å²) in [5.74, 6) is -0.130. The summed E-state index contributed by atoms with van der Waals surface area (Å²) >= 11 is 0. The largest absolute Gasteiger partial charge is 0.444 e. The second-order valence-electron chi connectivity index (χ2n) is 5.53. The van der Waals surface area contributed by atoms with E-state index in [1.807, 2.05) is 20.8 Å². The van der Waals surface area contributed by atoms with Crippen molar-refractivity contribution in [2.45, 2.75) is 45.3 Å². The van der Waals surface area contributed by atoms with Crippen LogP contribution in [0.5, 0.6) is 0 Å². The normalized spacial score (nSPS) is 22.9. The Balaban J connectivity index is 2.27. The van der Waals surface area contributed by atoms with E-state index in [-0.39, 0.29) is 17.9 Å². The zero-order chi connectivity index (χ0) is 13.9. The molecule has 2 amide bonds. The first-order chi connectivity index (χ1) is 8.23. The smallest absolute Gasteiger partial charge is 0.407 e. The second kappa shape index (κ2) is 5.56. The van der Waals surface area contributed by atoms with Crippen LogP contribution in [-0.2, 0) is 14.4 Å². The van der Waals surface area contributed by atoms with E-state index in [4.69, 9.17) is 9.57 Å². The molecule has 1 saturated carbocycles. The van der Waals surface area contributed by atoms with Gasteiger partial charge in [0.2, 0.25) is 5.91 Å². The molecule has 0 aromatic heterocycles. The minimum absolute atomic E-state index is 0.0130. The molecule has 0 spiro atoms. The maximum atomic E-state index is 11.7. The lowest BCUT2D eigenvalue weighted by atomic mass is 9.79. The third-order valence-corrected chi connectivity index (χ3v) is 2.79. The summed E-state index contributed by atoms with van der Waals surface area (Å²) in [6.07, 6.45) is 0.830. The first-order valence-corrected chi connectivity index (χ1v) is 6.04. The van der Waals surface area contributed by atoms with Crippen molar-refractivity contribution in [2.24, 2.45) is 5.92 Å². The Morgan fingerprint density at radius 2 is 1.83 bits per heavy atom. The first-order valence-electron chi connectivity index (χ1n) is 6.04. The van der Waals surface area contributed by atoms with E-state index in [2.05, 4.69) is 5.32 Å². The Morgan fingerprint density at radius 1 is 1.28 bits per heavy atom. The molecule has 0 saturated heterocycles. The minimum Gasteiger partial charge on any atom is -0.444 e. The summed E-state index contributed by atoms with van der Waals surface area (Å²) in [5.41, 5.74) is -0.501. The molecule has 0 heterocycles. The molecule has 0 bridgehead atoms. The predicted octanol–water partition coefficient (Wildman–Crippen LogP) is 1.31. The van der Waals surface area contributed by atoms with Crippen LogP contribution in [0, 0.1) is 5.92 Å². The number of ether oxygens (including phenoxy) is 1. The van der Waals surface area contributed by atoms with Gasteiger partial charge >= 0.3 is 6.09 Å². The van der Waals surface area contributed by atoms with Crippen LogP contribution in [0.3, 0.4) is 0 Å². The molecular weight excluding hydrogens is 236 g/mol. The quantitative estimate of drug-likeness (QED) is 0.775. The number of hydrogen-bond donors (Lipinski definition) is 1. The van der Waals surface area contributed by atoms with E-state index in [0.29, 0.717) is 12.8 Å². The van der Waals surface area contributed by atoms with Crippen LogP contribution < -0.4 is 5.32 Å². The van der Waals surface area contributed by atoms with Gasteiger partial charge in [0.1, 0.15) is 5.60 Å². The molecule has 6 heteroatoms. The van der Waals surface area contributed by atoms with Gasteiger partial charge in [0.05, 0.1) is 7.11 Å². The molecule has 1 N–H and O–H groups in total. The van der Waals surface area contributed by atoms with Crippen molar-refractivity contribution in [1.29, 1.82) is 0 Å². The Bertz CT molecular complexity index is 319. The lowest BCUT2D eigenvalue weighted by Crippen LogP contribution is -2.50. The van der Waals surface area contributed by atoms with Gasteiger partial charge < -0.3 is 10.1 Å². The predicted molar refractivity (Wildman–Crippen MR) is 65.7 cm³/mol. The topological polar surface area (TPSA) is 67.9 Å². The number of amides is 2. The molecule has 0 radical (unpaired) electrons. The Hall–Kier alpha value is -1.30. The van der Waals surface area contributed by atoms with E-state index < -0.39 is 11.7 Å². The number of alkyl carbamates (subject to hydrolysis) is 1. The number of rotatable bonds is 3. The highest BCUT2D eigenvalue weighted by Gasteiger charge is 2.37. The van der Waals surface area contributed by atoms with Gasteiger partial charge in [-0.1, -0.05) is 0 Å². The Labute approximate surface area is 108 Å². The first kappa shape index (κ1) is 14.8. The zero-order valence-electron chi connectivity index (χ0n) is 11.6. The third kappa shape index (κ3) is 4.18. The fourth-order valence-corrected chi connectivity index (χ4v) is 1.76. The fraction of sp³-hybridized carbons (Fsp3) is 0.833. The molecule has 1 fully saturated rings. The van der Waals surface area contributed by atoms with Crippen molar-refractivity contribution >= 4 is 12.0 Å². The van der Waals surface area contributed by atoms with Crippen LogP contribution in [-0.4, -0.2) is 42.9 Å². The van der Waals surface area contributed by atoms with Gasteiger partial charge in [-0.3, -0.25) is 9.63 Å². The summed E-state index contributed by atoms with van der Waals surface area (Å²) in [4.78, 5) is 28.0. The number of nitrogens with zero attached hydrogens (tertiary/aromatic N) is 1. The summed E-state index contributed by atoms with van der Waals surface area (Å²) in [5, 5.41) is 3.96. The fourth-order valence-electron chi connectivity index (χ4n) is 1.76. The van der Waals surface area contributed by atoms with Gasteiger partial charge in [-0.2, -0.15) is 0 Å². The summed E-state index contributed by atoms with van der Waals surface area (Å²) < 4.78 is 5.14. The molecule has 1 aliphatic carbocycles. The highest BCUT2D eigenvalue weighted by Crippen LogP contribution is 2.29. The number of carbonyl (C=O) groups is 2. The van der Waals surface area contributed by atoms with Gasteiger partial charge in [-0.15, -0.1) is 0 Å². The van der Waals surface area contributed by atoms with Crippen LogP contribution in [0.4, 0.5) is 4.79 Å². The maximum Gasteiger partial charge on any atom is 0.407 e. The molecule has 18 heavy (non-hydrogen) atoms. The van der Waals surface area contributed by atoms with Crippen LogP contribution >= 0.6 is 0 Å². The summed E-state index contributed by atoms with van der Waals surface area (Å²) in [6, 6.07) is 0.0130. The molecule has 6 nitrogen and oxygen atoms in total. The number of nitrogens with one attached hydrogen (secondary N) is 1. The van der Waals surface area contributed by atoms with Gasteiger partial charge in [0.15, 0.2) is 0 Å². The lowest BCUT2D eigenvalue weighted by molar-refractivity contribution is -0.176. The van der Waals surface area contributed by atoms with Crippen molar-refractivity contribution in [3.05, 3.63) is 0 Å². The Kier molecular flexibility index (Phi) is 4.56. The SMILES string of the molecule is CON(C)C(=O)C1CC(NC(=O)OC(C)(C)C)C1. The molecule has 0 unspecified atom stereocenters. The Morgan fingerprint density at radius 3 is 2.28 bits per heavy atom. The molecule has 0 aromatic rings. The van der Waals surface area contributed by atoms with Crippen molar-refractivity contribution in [3.8, 4) is 0 Å². The van der Waals surface area contributed by atoms with E-state index >= 15 is 0 Å². The zero-order valence-corrected chi connectivity index (χ0v) is 11.6. The van der Waals surface area contributed by atoms with Gasteiger partial charge in [-0.05, 0) is 33.6 Å². The molecule has 0 aromatic carbocycles. The minimum atomic E-state index is -0.501. The molecule has 1 aliphatic rings. The van der Waals surface area contributed by atoms with Gasteiger partial charge in [0.25, 0.3) is 0 Å². The van der Waals surface area contributed by atoms with Gasteiger partial charge in [0, 0.05) is 19.0 Å². The maximum absolute atomic E-state index is 11.7. The van der Waals surface area contributed by atoms with Crippen LogP contribution in [0.25, 0.3) is 0 Å². The van der Waals surface area contributed by atoms with Crippen molar-refractivity contribution in [2.75, 3.05) is 14.2 Å².